The summed E-state index contributed by atoms with van der Waals surface area (Å²) in [7, 11) is 0. The van der Waals surface area contributed by atoms with Crippen molar-refractivity contribution in [2.45, 2.75) is 26.3 Å². The molecule has 1 N–H and O–H groups in total. The molecular weight excluding hydrogens is 285 g/mol. The van der Waals surface area contributed by atoms with Gasteiger partial charge in [-0.15, -0.1) is 0 Å². The van der Waals surface area contributed by atoms with Gasteiger partial charge in [-0.2, -0.15) is 17.0 Å². The summed E-state index contributed by atoms with van der Waals surface area (Å²) >= 11 is 7.57. The molecule has 0 spiro atoms. The standard InChI is InChI=1S/C13H17ClFN3S/c1-8(2)11(4-5-19-3)17-13-10(15)6-9(7-16)12(14)18-13/h6,8,11H,4-5H2,1-3H3,(H,17,18)/t11-/m1/s1. The van der Waals surface area contributed by atoms with Gasteiger partial charge in [-0.1, -0.05) is 25.4 Å². The Kier molecular flexibility index (Phi) is 6.40. The van der Waals surface area contributed by atoms with Crippen molar-refractivity contribution in [2.75, 3.05) is 17.3 Å². The van der Waals surface area contributed by atoms with Crippen molar-refractivity contribution < 1.29 is 4.39 Å². The van der Waals surface area contributed by atoms with Crippen LogP contribution >= 0.6 is 23.4 Å². The van der Waals surface area contributed by atoms with E-state index in [1.165, 1.54) is 0 Å². The van der Waals surface area contributed by atoms with Crippen molar-refractivity contribution >= 4 is 29.2 Å². The van der Waals surface area contributed by atoms with E-state index < -0.39 is 5.82 Å². The third-order valence-corrected chi connectivity index (χ3v) is 3.74. The van der Waals surface area contributed by atoms with E-state index >= 15 is 0 Å². The molecule has 6 heteroatoms. The highest BCUT2D eigenvalue weighted by molar-refractivity contribution is 7.98. The van der Waals surface area contributed by atoms with Gasteiger partial charge in [0.15, 0.2) is 11.6 Å². The molecule has 0 amide bonds. The summed E-state index contributed by atoms with van der Waals surface area (Å²) in [6.45, 7) is 4.14. The highest BCUT2D eigenvalue weighted by Gasteiger charge is 2.17. The van der Waals surface area contributed by atoms with Crippen LogP contribution in [-0.4, -0.2) is 23.0 Å². The van der Waals surface area contributed by atoms with Crippen LogP contribution in [0.4, 0.5) is 10.2 Å². The first-order chi connectivity index (χ1) is 8.99. The number of thioether (sulfide) groups is 1. The van der Waals surface area contributed by atoms with Gasteiger partial charge >= 0.3 is 0 Å². The Hall–Kier alpha value is -0.990. The van der Waals surface area contributed by atoms with E-state index in [-0.39, 0.29) is 22.6 Å². The number of nitriles is 1. The zero-order chi connectivity index (χ0) is 14.4. The SMILES string of the molecule is CSCC[C@@H](Nc1nc(Cl)c(C#N)cc1F)C(C)C. The second-order valence-electron chi connectivity index (χ2n) is 4.55. The number of hydrogen-bond donors (Lipinski definition) is 1. The smallest absolute Gasteiger partial charge is 0.166 e. The largest absolute Gasteiger partial charge is 0.365 e. The molecule has 1 aromatic heterocycles. The third-order valence-electron chi connectivity index (χ3n) is 2.81. The van der Waals surface area contributed by atoms with Crippen molar-refractivity contribution in [3.05, 3.63) is 22.6 Å². The lowest BCUT2D eigenvalue weighted by molar-refractivity contribution is 0.507. The summed E-state index contributed by atoms with van der Waals surface area (Å²) < 4.78 is 13.8. The number of pyridine rings is 1. The van der Waals surface area contributed by atoms with Crippen LogP contribution in [0.15, 0.2) is 6.07 Å². The number of hydrogen-bond acceptors (Lipinski definition) is 4. The number of aromatic nitrogens is 1. The van der Waals surface area contributed by atoms with Crippen LogP contribution < -0.4 is 5.32 Å². The molecule has 0 aromatic carbocycles. The Morgan fingerprint density at radius 3 is 2.79 bits per heavy atom. The Morgan fingerprint density at radius 1 is 1.58 bits per heavy atom. The van der Waals surface area contributed by atoms with Crippen molar-refractivity contribution in [1.82, 2.24) is 4.98 Å². The zero-order valence-electron chi connectivity index (χ0n) is 11.2. The highest BCUT2D eigenvalue weighted by atomic mass is 35.5. The average Bonchev–Trinajstić information content (AvgIpc) is 2.37. The van der Waals surface area contributed by atoms with Gasteiger partial charge in [0, 0.05) is 6.04 Å². The van der Waals surface area contributed by atoms with Crippen LogP contribution in [0.25, 0.3) is 0 Å². The molecular formula is C13H17ClFN3S. The van der Waals surface area contributed by atoms with Gasteiger partial charge < -0.3 is 5.32 Å². The molecule has 0 bridgehead atoms. The normalized spacial score (nSPS) is 12.3. The molecule has 0 saturated heterocycles. The van der Waals surface area contributed by atoms with Crippen molar-refractivity contribution in [3.63, 3.8) is 0 Å². The Morgan fingerprint density at radius 2 is 2.26 bits per heavy atom. The maximum absolute atomic E-state index is 13.8. The Balaban J connectivity index is 2.91. The van der Waals surface area contributed by atoms with E-state index in [0.29, 0.717) is 5.92 Å². The van der Waals surface area contributed by atoms with Crippen LogP contribution in [0.5, 0.6) is 0 Å². The quantitative estimate of drug-likeness (QED) is 0.809. The van der Waals surface area contributed by atoms with Crippen LogP contribution in [-0.2, 0) is 0 Å². The summed E-state index contributed by atoms with van der Waals surface area (Å²) in [4.78, 5) is 3.92. The number of nitrogens with one attached hydrogen (secondary N) is 1. The fraction of sp³-hybridized carbons (Fsp3) is 0.538. The van der Waals surface area contributed by atoms with E-state index in [0.717, 1.165) is 18.2 Å². The molecule has 104 valence electrons. The van der Waals surface area contributed by atoms with Gasteiger partial charge in [-0.25, -0.2) is 9.37 Å². The molecule has 0 aliphatic heterocycles. The van der Waals surface area contributed by atoms with Crippen molar-refractivity contribution in [3.8, 4) is 6.07 Å². The summed E-state index contributed by atoms with van der Waals surface area (Å²) in [5.74, 6) is 0.906. The maximum Gasteiger partial charge on any atom is 0.166 e. The van der Waals surface area contributed by atoms with Crippen molar-refractivity contribution in [1.29, 1.82) is 5.26 Å². The minimum Gasteiger partial charge on any atom is -0.365 e. The molecule has 3 nitrogen and oxygen atoms in total. The third kappa shape index (κ3) is 4.55. The summed E-state index contributed by atoms with van der Waals surface area (Å²) in [5, 5.41) is 11.9. The number of halogens is 2. The predicted octanol–water partition coefficient (Wildman–Crippen LogP) is 3.94. The van der Waals surface area contributed by atoms with Gasteiger partial charge in [-0.05, 0) is 30.4 Å². The average molecular weight is 302 g/mol. The van der Waals surface area contributed by atoms with E-state index in [1.54, 1.807) is 11.8 Å². The van der Waals surface area contributed by atoms with Crippen LogP contribution in [0.3, 0.4) is 0 Å². The summed E-state index contributed by atoms with van der Waals surface area (Å²) in [6, 6.07) is 3.05. The first-order valence-electron chi connectivity index (χ1n) is 6.01. The lowest BCUT2D eigenvalue weighted by atomic mass is 10.0. The molecule has 0 unspecified atom stereocenters. The highest BCUT2D eigenvalue weighted by Crippen LogP contribution is 2.22. The van der Waals surface area contributed by atoms with Gasteiger partial charge in [0.05, 0.1) is 5.56 Å². The van der Waals surface area contributed by atoms with Crippen LogP contribution in [0.2, 0.25) is 5.15 Å². The monoisotopic (exact) mass is 301 g/mol. The topological polar surface area (TPSA) is 48.7 Å². The minimum absolute atomic E-state index is 0.0266. The molecule has 1 rings (SSSR count). The Labute approximate surface area is 122 Å². The maximum atomic E-state index is 13.8. The second-order valence-corrected chi connectivity index (χ2v) is 5.89. The van der Waals surface area contributed by atoms with Crippen LogP contribution in [0.1, 0.15) is 25.8 Å². The van der Waals surface area contributed by atoms with E-state index in [4.69, 9.17) is 16.9 Å². The molecule has 0 aliphatic carbocycles. The molecule has 1 atom stereocenters. The number of nitrogens with zero attached hydrogens (tertiary/aromatic N) is 2. The Bertz CT molecular complexity index is 474. The lowest BCUT2D eigenvalue weighted by Gasteiger charge is -2.23. The minimum atomic E-state index is -0.546. The van der Waals surface area contributed by atoms with Crippen LogP contribution in [0, 0.1) is 23.1 Å². The first-order valence-corrected chi connectivity index (χ1v) is 7.78. The van der Waals surface area contributed by atoms with Gasteiger partial charge in [-0.3, -0.25) is 0 Å². The summed E-state index contributed by atoms with van der Waals surface area (Å²) in [6.07, 6.45) is 2.95. The van der Waals surface area contributed by atoms with Gasteiger partial charge in [0.1, 0.15) is 11.2 Å². The second kappa shape index (κ2) is 7.56. The van der Waals surface area contributed by atoms with E-state index in [9.17, 15) is 4.39 Å². The fourth-order valence-electron chi connectivity index (χ4n) is 1.64. The molecule has 0 aliphatic rings. The molecule has 0 radical (unpaired) electrons. The number of anilines is 1. The summed E-state index contributed by atoms with van der Waals surface area (Å²) in [5.41, 5.74) is 0.0509. The van der Waals surface area contributed by atoms with E-state index in [2.05, 4.69) is 24.1 Å². The van der Waals surface area contributed by atoms with Crippen molar-refractivity contribution in [2.24, 2.45) is 5.92 Å². The molecule has 1 aromatic rings. The first kappa shape index (κ1) is 16.1. The van der Waals surface area contributed by atoms with E-state index in [1.807, 2.05) is 12.3 Å². The molecule has 1 heterocycles. The number of rotatable bonds is 6. The molecule has 19 heavy (non-hydrogen) atoms. The van der Waals surface area contributed by atoms with Gasteiger partial charge in [0.25, 0.3) is 0 Å². The molecule has 0 saturated carbocycles. The fourth-order valence-corrected chi connectivity index (χ4v) is 2.31. The zero-order valence-corrected chi connectivity index (χ0v) is 12.8. The lowest BCUT2D eigenvalue weighted by Crippen LogP contribution is -2.27. The predicted molar refractivity (Wildman–Crippen MR) is 79.2 cm³/mol. The molecule has 0 fully saturated rings. The van der Waals surface area contributed by atoms with Gasteiger partial charge in [0.2, 0.25) is 0 Å².